The molecule has 1 amide bonds. The molecular weight excluding hydrogens is 373 g/mol. The van der Waals surface area contributed by atoms with Crippen molar-refractivity contribution in [2.45, 2.75) is 5.16 Å². The molecule has 0 saturated heterocycles. The third-order valence-electron chi connectivity index (χ3n) is 4.48. The lowest BCUT2D eigenvalue weighted by Gasteiger charge is -2.09. The van der Waals surface area contributed by atoms with Crippen molar-refractivity contribution < 1.29 is 9.18 Å². The summed E-state index contributed by atoms with van der Waals surface area (Å²) < 4.78 is 15.0. The van der Waals surface area contributed by atoms with Crippen molar-refractivity contribution in [1.29, 1.82) is 0 Å². The van der Waals surface area contributed by atoms with Gasteiger partial charge in [0.05, 0.1) is 17.6 Å². The molecule has 6 heteroatoms. The summed E-state index contributed by atoms with van der Waals surface area (Å²) >= 11 is 1.36. The lowest BCUT2D eigenvalue weighted by atomic mass is 10.1. The molecule has 0 atom stereocenters. The van der Waals surface area contributed by atoms with E-state index in [0.29, 0.717) is 0 Å². The third kappa shape index (κ3) is 3.77. The number of fused-ring (bicyclic) bond motifs is 1. The molecule has 1 heterocycles. The number of nitrogens with zero attached hydrogens (tertiary/aromatic N) is 2. The number of carbonyl (C=O) groups excluding carboxylic acids is 1. The molecule has 0 aliphatic carbocycles. The first-order chi connectivity index (χ1) is 13.6. The topological polar surface area (TPSA) is 46.9 Å². The zero-order chi connectivity index (χ0) is 19.5. The van der Waals surface area contributed by atoms with Crippen LogP contribution in [0.1, 0.15) is 0 Å². The number of nitrogens with one attached hydrogen (secondary N) is 1. The molecular formula is C22H18FN3OS. The van der Waals surface area contributed by atoms with Gasteiger partial charge in [0.1, 0.15) is 5.82 Å². The summed E-state index contributed by atoms with van der Waals surface area (Å²) in [5.74, 6) is -0.116. The highest BCUT2D eigenvalue weighted by Gasteiger charge is 2.12. The Morgan fingerprint density at radius 2 is 1.82 bits per heavy atom. The Bertz CT molecular complexity index is 1130. The highest BCUT2D eigenvalue weighted by Crippen LogP contribution is 2.26. The molecule has 4 rings (SSSR count). The first-order valence-corrected chi connectivity index (χ1v) is 9.78. The van der Waals surface area contributed by atoms with Crippen molar-refractivity contribution in [2.75, 3.05) is 11.1 Å². The van der Waals surface area contributed by atoms with Crippen LogP contribution >= 0.6 is 11.8 Å². The summed E-state index contributed by atoms with van der Waals surface area (Å²) in [4.78, 5) is 16.8. The predicted octanol–water partition coefficient (Wildman–Crippen LogP) is 5.11. The molecule has 140 valence electrons. The first kappa shape index (κ1) is 18.3. The van der Waals surface area contributed by atoms with Crippen molar-refractivity contribution in [1.82, 2.24) is 9.55 Å². The van der Waals surface area contributed by atoms with E-state index in [2.05, 4.69) is 10.3 Å². The second kappa shape index (κ2) is 7.86. The van der Waals surface area contributed by atoms with Crippen LogP contribution < -0.4 is 5.32 Å². The van der Waals surface area contributed by atoms with Crippen LogP contribution in [-0.2, 0) is 11.8 Å². The number of aromatic nitrogens is 2. The van der Waals surface area contributed by atoms with Crippen LogP contribution in [0.5, 0.6) is 0 Å². The first-order valence-electron chi connectivity index (χ1n) is 8.80. The molecule has 4 aromatic rings. The summed E-state index contributed by atoms with van der Waals surface area (Å²) in [5.41, 5.74) is 2.55. The Balaban J connectivity index is 1.44. The minimum atomic E-state index is -0.273. The molecule has 28 heavy (non-hydrogen) atoms. The fraction of sp³-hybridized carbons (Fsp3) is 0.0909. The fourth-order valence-corrected chi connectivity index (χ4v) is 3.82. The van der Waals surface area contributed by atoms with E-state index >= 15 is 0 Å². The van der Waals surface area contributed by atoms with Gasteiger partial charge in [-0.2, -0.15) is 0 Å². The van der Waals surface area contributed by atoms with E-state index in [0.717, 1.165) is 32.9 Å². The van der Waals surface area contributed by atoms with Gasteiger partial charge < -0.3 is 9.88 Å². The summed E-state index contributed by atoms with van der Waals surface area (Å²) in [6, 6.07) is 20.1. The zero-order valence-electron chi connectivity index (χ0n) is 15.2. The number of thioether (sulfide) groups is 1. The van der Waals surface area contributed by atoms with E-state index in [1.54, 1.807) is 18.3 Å². The van der Waals surface area contributed by atoms with E-state index in [9.17, 15) is 9.18 Å². The second-order valence-corrected chi connectivity index (χ2v) is 7.30. The Kier molecular flexibility index (Phi) is 5.12. The standard InChI is InChI=1S/C22H18FN3OS/c1-26-20(16-9-11-17(23)12-10-16)13-24-22(26)28-14-21(27)25-19-8-4-6-15-5-2-3-7-18(15)19/h2-13H,14H2,1H3,(H,25,27). The van der Waals surface area contributed by atoms with Crippen molar-refractivity contribution >= 4 is 34.1 Å². The largest absolute Gasteiger partial charge is 0.325 e. The minimum absolute atomic E-state index is 0.0901. The van der Waals surface area contributed by atoms with Crippen LogP contribution in [0.25, 0.3) is 22.0 Å². The zero-order valence-corrected chi connectivity index (χ0v) is 16.0. The predicted molar refractivity (Wildman–Crippen MR) is 112 cm³/mol. The molecule has 0 saturated carbocycles. The van der Waals surface area contributed by atoms with Crippen LogP contribution in [-0.4, -0.2) is 21.2 Å². The van der Waals surface area contributed by atoms with Gasteiger partial charge in [-0.05, 0) is 41.3 Å². The maximum Gasteiger partial charge on any atom is 0.234 e. The molecule has 0 fully saturated rings. The van der Waals surface area contributed by atoms with Gasteiger partial charge in [0, 0.05) is 18.1 Å². The Hall–Kier alpha value is -3.12. The number of halogens is 1. The molecule has 0 bridgehead atoms. The van der Waals surface area contributed by atoms with Crippen molar-refractivity contribution in [2.24, 2.45) is 7.05 Å². The number of carbonyl (C=O) groups is 1. The Morgan fingerprint density at radius 1 is 1.07 bits per heavy atom. The molecule has 0 unspecified atom stereocenters. The van der Waals surface area contributed by atoms with Gasteiger partial charge in [0.15, 0.2) is 5.16 Å². The maximum atomic E-state index is 13.1. The van der Waals surface area contributed by atoms with Crippen LogP contribution in [0.3, 0.4) is 0 Å². The Morgan fingerprint density at radius 3 is 2.64 bits per heavy atom. The van der Waals surface area contributed by atoms with Gasteiger partial charge in [-0.15, -0.1) is 0 Å². The normalized spacial score (nSPS) is 10.9. The molecule has 4 nitrogen and oxygen atoms in total. The van der Waals surface area contributed by atoms with Crippen LogP contribution in [0.4, 0.5) is 10.1 Å². The molecule has 0 spiro atoms. The number of benzene rings is 3. The van der Waals surface area contributed by atoms with Gasteiger partial charge in [0.25, 0.3) is 0 Å². The second-order valence-electron chi connectivity index (χ2n) is 6.36. The minimum Gasteiger partial charge on any atom is -0.325 e. The van der Waals surface area contributed by atoms with Gasteiger partial charge in [-0.1, -0.05) is 48.2 Å². The van der Waals surface area contributed by atoms with Gasteiger partial charge in [-0.25, -0.2) is 9.37 Å². The van der Waals surface area contributed by atoms with Crippen LogP contribution in [0, 0.1) is 5.82 Å². The number of imidazole rings is 1. The van der Waals surface area contributed by atoms with Crippen LogP contribution in [0.15, 0.2) is 78.1 Å². The average molecular weight is 391 g/mol. The number of hydrogen-bond donors (Lipinski definition) is 1. The third-order valence-corrected chi connectivity index (χ3v) is 5.53. The number of amides is 1. The number of hydrogen-bond acceptors (Lipinski definition) is 3. The van der Waals surface area contributed by atoms with Gasteiger partial charge in [-0.3, -0.25) is 4.79 Å². The highest BCUT2D eigenvalue weighted by molar-refractivity contribution is 7.99. The lowest BCUT2D eigenvalue weighted by Crippen LogP contribution is -2.14. The summed E-state index contributed by atoms with van der Waals surface area (Å²) in [7, 11) is 1.89. The van der Waals surface area contributed by atoms with Crippen molar-refractivity contribution in [3.63, 3.8) is 0 Å². The average Bonchev–Trinajstić information content (AvgIpc) is 3.08. The van der Waals surface area contributed by atoms with E-state index in [4.69, 9.17) is 0 Å². The molecule has 0 aliphatic rings. The summed E-state index contributed by atoms with van der Waals surface area (Å²) in [5, 5.41) is 5.81. The molecule has 1 aromatic heterocycles. The van der Waals surface area contributed by atoms with Crippen molar-refractivity contribution in [3.05, 3.63) is 78.7 Å². The van der Waals surface area contributed by atoms with Crippen LogP contribution in [0.2, 0.25) is 0 Å². The SMILES string of the molecule is Cn1c(-c2ccc(F)cc2)cnc1SCC(=O)Nc1cccc2ccccc12. The number of rotatable bonds is 5. The quantitative estimate of drug-likeness (QED) is 0.481. The van der Waals surface area contributed by atoms with Gasteiger partial charge in [0.2, 0.25) is 5.91 Å². The molecule has 0 aliphatic heterocycles. The van der Waals surface area contributed by atoms with E-state index in [1.165, 1.54) is 23.9 Å². The monoisotopic (exact) mass is 391 g/mol. The molecule has 3 aromatic carbocycles. The Labute approximate surface area is 166 Å². The van der Waals surface area contributed by atoms with E-state index in [-0.39, 0.29) is 17.5 Å². The molecule has 0 radical (unpaired) electrons. The lowest BCUT2D eigenvalue weighted by molar-refractivity contribution is -0.113. The summed E-state index contributed by atoms with van der Waals surface area (Å²) in [6.07, 6.45) is 1.73. The fourth-order valence-electron chi connectivity index (χ4n) is 3.07. The van der Waals surface area contributed by atoms with E-state index < -0.39 is 0 Å². The maximum absolute atomic E-state index is 13.1. The molecule has 1 N–H and O–H groups in total. The van der Waals surface area contributed by atoms with Gasteiger partial charge >= 0.3 is 0 Å². The highest BCUT2D eigenvalue weighted by atomic mass is 32.2. The number of anilines is 1. The smallest absolute Gasteiger partial charge is 0.234 e. The van der Waals surface area contributed by atoms with Crippen molar-refractivity contribution in [3.8, 4) is 11.3 Å². The summed E-state index contributed by atoms with van der Waals surface area (Å²) in [6.45, 7) is 0. The van der Waals surface area contributed by atoms with E-state index in [1.807, 2.05) is 54.1 Å².